The maximum Gasteiger partial charge on any atom is 0.250 e. The summed E-state index contributed by atoms with van der Waals surface area (Å²) in [6.45, 7) is 0. The number of nitrogens with zero attached hydrogens (tertiary/aromatic N) is 2. The molecule has 0 atom stereocenters. The summed E-state index contributed by atoms with van der Waals surface area (Å²) in [6, 6.07) is 15.1. The average Bonchev–Trinajstić information content (AvgIpc) is 2.68. The van der Waals surface area contributed by atoms with Gasteiger partial charge in [0.1, 0.15) is 5.82 Å². The Morgan fingerprint density at radius 1 is 1.07 bits per heavy atom. The number of nitrogens with one attached hydrogen (secondary N) is 2. The zero-order valence-electron chi connectivity index (χ0n) is 14.5. The lowest BCUT2D eigenvalue weighted by atomic mass is 10.1. The molecule has 0 spiro atoms. The second-order valence-electron chi connectivity index (χ2n) is 5.82. The summed E-state index contributed by atoms with van der Waals surface area (Å²) in [5, 5.41) is 12.4. The van der Waals surface area contributed by atoms with Crippen molar-refractivity contribution >= 4 is 34.9 Å². The zero-order chi connectivity index (χ0) is 20.1. The molecule has 3 aromatic rings. The largest absolute Gasteiger partial charge is 0.366 e. The third-order valence-corrected chi connectivity index (χ3v) is 4.06. The number of benzene rings is 2. The van der Waals surface area contributed by atoms with Crippen molar-refractivity contribution in [1.82, 2.24) is 15.4 Å². The van der Waals surface area contributed by atoms with Gasteiger partial charge in [0, 0.05) is 16.7 Å². The van der Waals surface area contributed by atoms with Crippen LogP contribution >= 0.6 is 11.6 Å². The summed E-state index contributed by atoms with van der Waals surface area (Å²) in [5.41, 5.74) is 8.80. The molecular weight excluding hydrogens is 382 g/mol. The van der Waals surface area contributed by atoms with Crippen LogP contribution in [0.15, 0.2) is 54.6 Å². The van der Waals surface area contributed by atoms with Crippen LogP contribution in [0.2, 0.25) is 5.02 Å². The molecule has 2 aromatic carbocycles. The Morgan fingerprint density at radius 2 is 1.79 bits per heavy atom. The molecule has 0 unspecified atom stereocenters. The normalized spacial score (nSPS) is 10.4. The molecule has 0 saturated heterocycles. The molecule has 0 aliphatic heterocycles. The van der Waals surface area contributed by atoms with Crippen LogP contribution in [0.5, 0.6) is 0 Å². The Labute approximate surface area is 165 Å². The van der Waals surface area contributed by atoms with Gasteiger partial charge in [-0.15, -0.1) is 0 Å². The Balaban J connectivity index is 2.03. The predicted octanol–water partition coefficient (Wildman–Crippen LogP) is 2.69. The molecule has 5 N–H and O–H groups in total. The van der Waals surface area contributed by atoms with Crippen LogP contribution in [0.3, 0.4) is 0 Å². The van der Waals surface area contributed by atoms with Gasteiger partial charge in [0.2, 0.25) is 5.91 Å². The minimum absolute atomic E-state index is 0.161. The van der Waals surface area contributed by atoms with Gasteiger partial charge in [-0.05, 0) is 36.4 Å². The van der Waals surface area contributed by atoms with E-state index in [1.807, 2.05) is 0 Å². The Hall–Kier alpha value is -3.49. The van der Waals surface area contributed by atoms with E-state index in [0.29, 0.717) is 39.2 Å². The molecule has 142 valence electrons. The van der Waals surface area contributed by atoms with Crippen LogP contribution in [0, 0.1) is 0 Å². The average molecular weight is 398 g/mol. The summed E-state index contributed by atoms with van der Waals surface area (Å²) in [5.74, 6) is -0.507. The van der Waals surface area contributed by atoms with E-state index in [1.54, 1.807) is 60.1 Å². The number of carbonyl (C=O) groups is 2. The van der Waals surface area contributed by atoms with Gasteiger partial charge in [0.15, 0.2) is 5.82 Å². The Kier molecular flexibility index (Phi) is 5.83. The van der Waals surface area contributed by atoms with Gasteiger partial charge in [-0.3, -0.25) is 14.8 Å². The van der Waals surface area contributed by atoms with Crippen LogP contribution in [0.4, 0.5) is 11.5 Å². The molecule has 0 aliphatic rings. The number of halogens is 1. The van der Waals surface area contributed by atoms with E-state index in [9.17, 15) is 9.59 Å². The van der Waals surface area contributed by atoms with Crippen LogP contribution in [-0.2, 0) is 11.2 Å². The second kappa shape index (κ2) is 8.47. The number of carbonyl (C=O) groups excluding carboxylic acids is 2. The van der Waals surface area contributed by atoms with Crippen LogP contribution < -0.4 is 16.5 Å². The van der Waals surface area contributed by atoms with E-state index in [-0.39, 0.29) is 6.42 Å². The molecule has 3 rings (SSSR count). The van der Waals surface area contributed by atoms with Crippen molar-refractivity contribution in [3.8, 4) is 11.4 Å². The summed E-state index contributed by atoms with van der Waals surface area (Å²) >= 11 is 5.93. The van der Waals surface area contributed by atoms with Crippen LogP contribution in [0.1, 0.15) is 16.1 Å². The van der Waals surface area contributed by atoms with Gasteiger partial charge in [0.25, 0.3) is 5.91 Å². The predicted molar refractivity (Wildman–Crippen MR) is 104 cm³/mol. The highest BCUT2D eigenvalue weighted by molar-refractivity contribution is 6.30. The van der Waals surface area contributed by atoms with Gasteiger partial charge in [0.05, 0.1) is 23.4 Å². The molecule has 0 fully saturated rings. The molecule has 0 aliphatic carbocycles. The van der Waals surface area contributed by atoms with Crippen molar-refractivity contribution in [3.05, 3.63) is 70.9 Å². The SMILES string of the molecule is NC(=O)c1ccccc1Nc1cc(CC(=O)NO)nc(-c2ccc(Cl)cc2)n1. The smallest absolute Gasteiger partial charge is 0.250 e. The second-order valence-corrected chi connectivity index (χ2v) is 6.26. The molecule has 0 saturated carbocycles. The lowest BCUT2D eigenvalue weighted by Crippen LogP contribution is -2.21. The molecule has 0 radical (unpaired) electrons. The van der Waals surface area contributed by atoms with E-state index >= 15 is 0 Å². The first kappa shape index (κ1) is 19.3. The number of primary amides is 1. The summed E-state index contributed by atoms with van der Waals surface area (Å²) < 4.78 is 0. The molecular formula is C19H16ClN5O3. The minimum atomic E-state index is -0.621. The molecule has 1 aromatic heterocycles. The van der Waals surface area contributed by atoms with Crippen molar-refractivity contribution < 1.29 is 14.8 Å². The fourth-order valence-electron chi connectivity index (χ4n) is 2.53. The highest BCUT2D eigenvalue weighted by atomic mass is 35.5. The maximum atomic E-state index is 11.6. The summed E-state index contributed by atoms with van der Waals surface area (Å²) in [7, 11) is 0. The third kappa shape index (κ3) is 4.61. The fourth-order valence-corrected chi connectivity index (χ4v) is 2.66. The maximum absolute atomic E-state index is 11.6. The highest BCUT2D eigenvalue weighted by Crippen LogP contribution is 2.24. The lowest BCUT2D eigenvalue weighted by molar-refractivity contribution is -0.128. The third-order valence-electron chi connectivity index (χ3n) is 3.80. The number of aromatic nitrogens is 2. The first-order valence-corrected chi connectivity index (χ1v) is 8.57. The van der Waals surface area contributed by atoms with Gasteiger partial charge >= 0.3 is 0 Å². The van der Waals surface area contributed by atoms with Gasteiger partial charge < -0.3 is 11.1 Å². The molecule has 1 heterocycles. The molecule has 8 nitrogen and oxygen atoms in total. The van der Waals surface area contributed by atoms with Gasteiger partial charge in [-0.2, -0.15) is 0 Å². The Bertz CT molecular complexity index is 1020. The number of hydrogen-bond donors (Lipinski definition) is 4. The number of hydroxylamine groups is 1. The van der Waals surface area contributed by atoms with Gasteiger partial charge in [-0.25, -0.2) is 15.4 Å². The number of amides is 2. The van der Waals surface area contributed by atoms with Gasteiger partial charge in [-0.1, -0.05) is 23.7 Å². The van der Waals surface area contributed by atoms with Crippen LogP contribution in [0.25, 0.3) is 11.4 Å². The number of hydrogen-bond acceptors (Lipinski definition) is 6. The van der Waals surface area contributed by atoms with Crippen molar-refractivity contribution in [1.29, 1.82) is 0 Å². The molecule has 9 heteroatoms. The Morgan fingerprint density at radius 3 is 2.46 bits per heavy atom. The van der Waals surface area contributed by atoms with E-state index in [4.69, 9.17) is 22.5 Å². The van der Waals surface area contributed by atoms with E-state index in [1.165, 1.54) is 0 Å². The topological polar surface area (TPSA) is 130 Å². The van der Waals surface area contributed by atoms with E-state index < -0.39 is 11.8 Å². The summed E-state index contributed by atoms with van der Waals surface area (Å²) in [6.07, 6.45) is -0.161. The fraction of sp³-hybridized carbons (Fsp3) is 0.0526. The number of rotatable bonds is 6. The first-order valence-electron chi connectivity index (χ1n) is 8.19. The number of anilines is 2. The minimum Gasteiger partial charge on any atom is -0.366 e. The van der Waals surface area contributed by atoms with Crippen molar-refractivity contribution in [2.24, 2.45) is 5.73 Å². The van der Waals surface area contributed by atoms with Crippen molar-refractivity contribution in [2.45, 2.75) is 6.42 Å². The quantitative estimate of drug-likeness (QED) is 0.373. The lowest BCUT2D eigenvalue weighted by Gasteiger charge is -2.12. The number of para-hydroxylation sites is 1. The summed E-state index contributed by atoms with van der Waals surface area (Å²) in [4.78, 5) is 32.0. The van der Waals surface area contributed by atoms with Crippen LogP contribution in [-0.4, -0.2) is 27.0 Å². The standard InChI is InChI=1S/C19H16ClN5O3/c20-12-7-5-11(6-8-12)19-22-13(10-17(26)25-28)9-16(24-19)23-15-4-2-1-3-14(15)18(21)27/h1-9,28H,10H2,(H2,21,27)(H,25,26)(H,22,23,24). The molecule has 2 amide bonds. The van der Waals surface area contributed by atoms with E-state index in [0.717, 1.165) is 0 Å². The molecule has 28 heavy (non-hydrogen) atoms. The van der Waals surface area contributed by atoms with Crippen molar-refractivity contribution in [3.63, 3.8) is 0 Å². The van der Waals surface area contributed by atoms with E-state index in [2.05, 4.69) is 15.3 Å². The van der Waals surface area contributed by atoms with Crippen molar-refractivity contribution in [2.75, 3.05) is 5.32 Å². The molecule has 0 bridgehead atoms. The zero-order valence-corrected chi connectivity index (χ0v) is 15.3. The highest BCUT2D eigenvalue weighted by Gasteiger charge is 2.13. The number of nitrogens with two attached hydrogens (primary N) is 1. The first-order chi connectivity index (χ1) is 13.5. The monoisotopic (exact) mass is 397 g/mol.